The quantitative estimate of drug-likeness (QED) is 0.840. The minimum atomic E-state index is -0.778. The van der Waals surface area contributed by atoms with E-state index in [1.165, 1.54) is 12.8 Å². The number of hydrogen-bond acceptors (Lipinski definition) is 2. The van der Waals surface area contributed by atoms with E-state index in [1.807, 2.05) is 18.7 Å². The van der Waals surface area contributed by atoms with E-state index < -0.39 is 5.54 Å². The molecule has 2 fully saturated rings. The Morgan fingerprint density at radius 1 is 1.30 bits per heavy atom. The van der Waals surface area contributed by atoms with Crippen LogP contribution in [0.5, 0.6) is 0 Å². The number of nitrogens with zero attached hydrogens (tertiary/aromatic N) is 1. The van der Waals surface area contributed by atoms with E-state index in [2.05, 4.69) is 12.2 Å². The summed E-state index contributed by atoms with van der Waals surface area (Å²) < 4.78 is 0. The molecule has 4 heteroatoms. The van der Waals surface area contributed by atoms with Crippen LogP contribution in [0.25, 0.3) is 0 Å². The second-order valence-electron chi connectivity index (χ2n) is 7.26. The zero-order chi connectivity index (χ0) is 15.1. The molecular formula is C16H28N2O2. The fourth-order valence-electron chi connectivity index (χ4n) is 3.24. The Morgan fingerprint density at radius 2 is 1.90 bits per heavy atom. The molecule has 1 saturated heterocycles. The van der Waals surface area contributed by atoms with Crippen molar-refractivity contribution >= 4 is 11.8 Å². The van der Waals surface area contributed by atoms with Crippen LogP contribution >= 0.6 is 0 Å². The fourth-order valence-corrected chi connectivity index (χ4v) is 3.24. The van der Waals surface area contributed by atoms with E-state index >= 15 is 0 Å². The van der Waals surface area contributed by atoms with E-state index in [9.17, 15) is 9.59 Å². The van der Waals surface area contributed by atoms with Crippen molar-refractivity contribution in [3.8, 4) is 0 Å². The van der Waals surface area contributed by atoms with Crippen LogP contribution in [0.1, 0.15) is 60.3 Å². The van der Waals surface area contributed by atoms with Gasteiger partial charge in [-0.2, -0.15) is 0 Å². The first-order valence-corrected chi connectivity index (χ1v) is 7.92. The zero-order valence-electron chi connectivity index (χ0n) is 13.4. The fraction of sp³-hybridized carbons (Fsp3) is 0.875. The molecule has 0 radical (unpaired) electrons. The summed E-state index contributed by atoms with van der Waals surface area (Å²) in [6, 6.07) is -0.119. The molecule has 20 heavy (non-hydrogen) atoms. The third kappa shape index (κ3) is 2.84. The van der Waals surface area contributed by atoms with Gasteiger partial charge < -0.3 is 10.2 Å². The van der Waals surface area contributed by atoms with E-state index in [0.29, 0.717) is 0 Å². The van der Waals surface area contributed by atoms with Crippen molar-refractivity contribution in [2.45, 2.75) is 77.9 Å². The van der Waals surface area contributed by atoms with E-state index in [1.54, 1.807) is 13.8 Å². The Bertz CT molecular complexity index is 399. The highest BCUT2D eigenvalue weighted by atomic mass is 16.2. The first kappa shape index (κ1) is 15.3. The summed E-state index contributed by atoms with van der Waals surface area (Å²) in [5.41, 5.74) is -0.778. The number of carbonyl (C=O) groups excluding carboxylic acids is 2. The molecule has 2 atom stereocenters. The van der Waals surface area contributed by atoms with Gasteiger partial charge in [0.2, 0.25) is 11.8 Å². The summed E-state index contributed by atoms with van der Waals surface area (Å²) >= 11 is 0. The molecule has 0 bridgehead atoms. The lowest BCUT2D eigenvalue weighted by Crippen LogP contribution is -2.71. The molecule has 0 spiro atoms. The van der Waals surface area contributed by atoms with Crippen LogP contribution in [0.4, 0.5) is 0 Å². The largest absolute Gasteiger partial charge is 0.340 e. The highest BCUT2D eigenvalue weighted by molar-refractivity contribution is 5.99. The smallest absolute Gasteiger partial charge is 0.248 e. The Kier molecular flexibility index (Phi) is 4.12. The molecule has 1 aliphatic carbocycles. The molecule has 1 N–H and O–H groups in total. The van der Waals surface area contributed by atoms with Gasteiger partial charge in [0.15, 0.2) is 0 Å². The van der Waals surface area contributed by atoms with Crippen LogP contribution in [-0.2, 0) is 9.59 Å². The molecule has 2 amide bonds. The van der Waals surface area contributed by atoms with E-state index in [-0.39, 0.29) is 29.8 Å². The van der Waals surface area contributed by atoms with Gasteiger partial charge in [0.05, 0.1) is 0 Å². The van der Waals surface area contributed by atoms with Crippen molar-refractivity contribution in [1.29, 1.82) is 0 Å². The van der Waals surface area contributed by atoms with Crippen molar-refractivity contribution in [1.82, 2.24) is 10.2 Å². The lowest BCUT2D eigenvalue weighted by molar-refractivity contribution is -0.158. The van der Waals surface area contributed by atoms with Gasteiger partial charge in [0, 0.05) is 6.04 Å². The van der Waals surface area contributed by atoms with Crippen molar-refractivity contribution in [3.63, 3.8) is 0 Å². The van der Waals surface area contributed by atoms with Crippen LogP contribution in [0.15, 0.2) is 0 Å². The van der Waals surface area contributed by atoms with Gasteiger partial charge in [-0.25, -0.2) is 0 Å². The number of rotatable bonds is 5. The number of piperazine rings is 1. The van der Waals surface area contributed by atoms with E-state index in [0.717, 1.165) is 18.8 Å². The van der Waals surface area contributed by atoms with Crippen molar-refractivity contribution in [2.75, 3.05) is 0 Å². The third-order valence-electron chi connectivity index (χ3n) is 4.57. The molecule has 4 nitrogen and oxygen atoms in total. The summed E-state index contributed by atoms with van der Waals surface area (Å²) in [6.07, 6.45) is 4.53. The maximum Gasteiger partial charge on any atom is 0.248 e. The zero-order valence-corrected chi connectivity index (χ0v) is 13.4. The predicted molar refractivity (Wildman–Crippen MR) is 79.1 cm³/mol. The van der Waals surface area contributed by atoms with Crippen molar-refractivity contribution in [3.05, 3.63) is 0 Å². The topological polar surface area (TPSA) is 49.4 Å². The molecular weight excluding hydrogens is 252 g/mol. The van der Waals surface area contributed by atoms with Gasteiger partial charge in [-0.05, 0) is 38.5 Å². The Hall–Kier alpha value is -1.06. The maximum absolute atomic E-state index is 12.8. The molecule has 1 aliphatic heterocycles. The second kappa shape index (κ2) is 5.38. The monoisotopic (exact) mass is 280 g/mol. The molecule has 114 valence electrons. The highest BCUT2D eigenvalue weighted by Gasteiger charge is 2.49. The number of nitrogens with one attached hydrogen (secondary N) is 1. The van der Waals surface area contributed by atoms with Gasteiger partial charge in [-0.15, -0.1) is 0 Å². The molecule has 2 rings (SSSR count). The SMILES string of the molecule is CCC(CC1CC1)N1C(=O)C(C)(C)NC(=O)C1C(C)C. The van der Waals surface area contributed by atoms with Gasteiger partial charge in [0.25, 0.3) is 0 Å². The summed E-state index contributed by atoms with van der Waals surface area (Å²) in [5.74, 6) is 0.971. The Morgan fingerprint density at radius 3 is 2.35 bits per heavy atom. The van der Waals surface area contributed by atoms with Crippen LogP contribution in [-0.4, -0.2) is 34.3 Å². The van der Waals surface area contributed by atoms with Crippen LogP contribution in [0.3, 0.4) is 0 Å². The first-order valence-electron chi connectivity index (χ1n) is 7.92. The normalized spacial score (nSPS) is 27.7. The lowest BCUT2D eigenvalue weighted by atomic mass is 9.88. The first-order chi connectivity index (χ1) is 9.27. The number of hydrogen-bond donors (Lipinski definition) is 1. The molecule has 0 aromatic rings. The summed E-state index contributed by atoms with van der Waals surface area (Å²) in [5, 5.41) is 2.88. The van der Waals surface area contributed by atoms with Crippen LogP contribution in [0.2, 0.25) is 0 Å². The molecule has 0 aromatic heterocycles. The van der Waals surface area contributed by atoms with Crippen LogP contribution < -0.4 is 5.32 Å². The standard InChI is InChI=1S/C16H28N2O2/c1-6-12(9-11-7-8-11)18-13(10(2)3)14(19)17-16(4,5)15(18)20/h10-13H,6-9H2,1-5H3,(H,17,19). The van der Waals surface area contributed by atoms with Crippen LogP contribution in [0, 0.1) is 11.8 Å². The van der Waals surface area contributed by atoms with Crippen molar-refractivity contribution < 1.29 is 9.59 Å². The third-order valence-corrected chi connectivity index (χ3v) is 4.57. The Balaban J connectivity index is 2.29. The average Bonchev–Trinajstić information content (AvgIpc) is 3.13. The average molecular weight is 280 g/mol. The van der Waals surface area contributed by atoms with Crippen molar-refractivity contribution in [2.24, 2.45) is 11.8 Å². The van der Waals surface area contributed by atoms with E-state index in [4.69, 9.17) is 0 Å². The summed E-state index contributed by atoms with van der Waals surface area (Å²) in [4.78, 5) is 27.1. The number of carbonyl (C=O) groups is 2. The van der Waals surface area contributed by atoms with Gasteiger partial charge in [-0.3, -0.25) is 9.59 Å². The van der Waals surface area contributed by atoms with Gasteiger partial charge in [0.1, 0.15) is 11.6 Å². The molecule has 0 aromatic carbocycles. The minimum absolute atomic E-state index is 0.00107. The lowest BCUT2D eigenvalue weighted by Gasteiger charge is -2.48. The summed E-state index contributed by atoms with van der Waals surface area (Å²) in [6.45, 7) is 9.78. The van der Waals surface area contributed by atoms with Gasteiger partial charge >= 0.3 is 0 Å². The van der Waals surface area contributed by atoms with Gasteiger partial charge in [-0.1, -0.05) is 33.6 Å². The second-order valence-corrected chi connectivity index (χ2v) is 7.26. The molecule has 1 heterocycles. The maximum atomic E-state index is 12.8. The molecule has 1 saturated carbocycles. The minimum Gasteiger partial charge on any atom is -0.340 e. The molecule has 2 unspecified atom stereocenters. The summed E-state index contributed by atoms with van der Waals surface area (Å²) in [7, 11) is 0. The number of amides is 2. The predicted octanol–water partition coefficient (Wildman–Crippen LogP) is 2.33. The highest BCUT2D eigenvalue weighted by Crippen LogP contribution is 2.37. The molecule has 2 aliphatic rings. The Labute approximate surface area is 122 Å².